The summed E-state index contributed by atoms with van der Waals surface area (Å²) in [6.07, 6.45) is 5.71. The zero-order chi connectivity index (χ0) is 9.31. The van der Waals surface area contributed by atoms with E-state index in [0.717, 1.165) is 32.1 Å². The summed E-state index contributed by atoms with van der Waals surface area (Å²) in [5.41, 5.74) is -0.147. The van der Waals surface area contributed by atoms with Gasteiger partial charge in [-0.15, -0.1) is 0 Å². The summed E-state index contributed by atoms with van der Waals surface area (Å²) in [5.74, 6) is -0.844. The highest BCUT2D eigenvalue weighted by Crippen LogP contribution is 2.39. The molecule has 1 N–H and O–H groups in total. The lowest BCUT2D eigenvalue weighted by Gasteiger charge is -2.32. The lowest BCUT2D eigenvalue weighted by molar-refractivity contribution is -0.145. The molecule has 1 heterocycles. The fraction of sp³-hybridized carbons (Fsp3) is 0.778. The first-order valence-electron chi connectivity index (χ1n) is 4.65. The highest BCUT2D eigenvalue weighted by atomic mass is 16.7. The third-order valence-corrected chi connectivity index (χ3v) is 3.03. The van der Waals surface area contributed by atoms with Gasteiger partial charge in [-0.05, 0) is 25.7 Å². The molecule has 0 aromatic carbocycles. The molecule has 2 aliphatic rings. The molecule has 0 unspecified atom stereocenters. The van der Waals surface area contributed by atoms with Crippen LogP contribution in [0, 0.1) is 5.92 Å². The third-order valence-electron chi connectivity index (χ3n) is 3.03. The van der Waals surface area contributed by atoms with Crippen LogP contribution in [0.15, 0.2) is 5.16 Å². The second kappa shape index (κ2) is 3.01. The Morgan fingerprint density at radius 1 is 1.54 bits per heavy atom. The fourth-order valence-electron chi connectivity index (χ4n) is 2.08. The van der Waals surface area contributed by atoms with Gasteiger partial charge in [-0.2, -0.15) is 0 Å². The molecule has 0 aromatic rings. The van der Waals surface area contributed by atoms with Crippen LogP contribution >= 0.6 is 0 Å². The van der Waals surface area contributed by atoms with Gasteiger partial charge >= 0.3 is 5.97 Å². The van der Waals surface area contributed by atoms with Crippen LogP contribution in [0.2, 0.25) is 0 Å². The molecule has 13 heavy (non-hydrogen) atoms. The Bertz CT molecular complexity index is 231. The molecule has 1 aliphatic heterocycles. The van der Waals surface area contributed by atoms with Crippen LogP contribution in [0.25, 0.3) is 0 Å². The minimum absolute atomic E-state index is 0.147. The second-order valence-corrected chi connectivity index (χ2v) is 3.88. The number of carboxylic acids is 1. The minimum Gasteiger partial charge on any atom is -0.481 e. The quantitative estimate of drug-likeness (QED) is 0.668. The number of nitrogens with zero attached hydrogens (tertiary/aromatic N) is 1. The lowest BCUT2D eigenvalue weighted by Crippen LogP contribution is -2.35. The molecule has 0 radical (unpaired) electrons. The Morgan fingerprint density at radius 2 is 2.23 bits per heavy atom. The van der Waals surface area contributed by atoms with Crippen LogP contribution in [0.1, 0.15) is 32.1 Å². The first-order chi connectivity index (χ1) is 6.22. The maximum Gasteiger partial charge on any atom is 0.306 e. The molecule has 4 nitrogen and oxygen atoms in total. The van der Waals surface area contributed by atoms with E-state index in [0.29, 0.717) is 0 Å². The van der Waals surface area contributed by atoms with Crippen molar-refractivity contribution in [2.24, 2.45) is 11.1 Å². The zero-order valence-electron chi connectivity index (χ0n) is 7.40. The van der Waals surface area contributed by atoms with Gasteiger partial charge < -0.3 is 9.94 Å². The molecular formula is C9H13NO3. The van der Waals surface area contributed by atoms with Crippen molar-refractivity contribution in [3.63, 3.8) is 0 Å². The van der Waals surface area contributed by atoms with E-state index in [1.165, 1.54) is 0 Å². The molecule has 2 rings (SSSR count). The summed E-state index contributed by atoms with van der Waals surface area (Å²) in [6.45, 7) is 0. The topological polar surface area (TPSA) is 58.9 Å². The molecule has 1 saturated carbocycles. The van der Waals surface area contributed by atoms with E-state index in [1.54, 1.807) is 6.21 Å². The Morgan fingerprint density at radius 3 is 2.69 bits per heavy atom. The highest BCUT2D eigenvalue weighted by Gasteiger charge is 2.40. The molecule has 1 spiro atoms. The Labute approximate surface area is 76.6 Å². The van der Waals surface area contributed by atoms with E-state index in [-0.39, 0.29) is 11.5 Å². The van der Waals surface area contributed by atoms with Crippen LogP contribution in [-0.4, -0.2) is 22.9 Å². The molecule has 1 aliphatic carbocycles. The van der Waals surface area contributed by atoms with Crippen molar-refractivity contribution in [3.8, 4) is 0 Å². The highest BCUT2D eigenvalue weighted by molar-refractivity contribution is 5.70. The number of hydrogen-bond acceptors (Lipinski definition) is 3. The fourth-order valence-corrected chi connectivity index (χ4v) is 2.08. The summed E-state index contributed by atoms with van der Waals surface area (Å²) in [4.78, 5) is 16.0. The van der Waals surface area contributed by atoms with Gasteiger partial charge in [0, 0.05) is 12.6 Å². The molecule has 0 atom stereocenters. The van der Waals surface area contributed by atoms with Gasteiger partial charge in [0.15, 0.2) is 0 Å². The normalized spacial score (nSPS) is 37.7. The average molecular weight is 183 g/mol. The molecule has 72 valence electrons. The van der Waals surface area contributed by atoms with Crippen LogP contribution in [0.5, 0.6) is 0 Å². The zero-order valence-corrected chi connectivity index (χ0v) is 7.40. The first kappa shape index (κ1) is 8.53. The first-order valence-corrected chi connectivity index (χ1v) is 4.65. The van der Waals surface area contributed by atoms with Crippen molar-refractivity contribution < 1.29 is 14.7 Å². The van der Waals surface area contributed by atoms with Crippen molar-refractivity contribution >= 4 is 12.2 Å². The smallest absolute Gasteiger partial charge is 0.306 e. The molecule has 0 bridgehead atoms. The molecule has 1 fully saturated rings. The monoisotopic (exact) mass is 183 g/mol. The Kier molecular flexibility index (Phi) is 1.98. The predicted molar refractivity (Wildman–Crippen MR) is 46.5 cm³/mol. The number of carbonyl (C=O) groups is 1. The van der Waals surface area contributed by atoms with E-state index < -0.39 is 5.97 Å². The standard InChI is InChI=1S/C9H13NO3/c11-8(12)7-1-3-9(4-2-7)5-6-10-13-9/h6-7H,1-5H2,(H,11,12). The van der Waals surface area contributed by atoms with Crippen molar-refractivity contribution in [3.05, 3.63) is 0 Å². The van der Waals surface area contributed by atoms with Gasteiger partial charge in [0.25, 0.3) is 0 Å². The van der Waals surface area contributed by atoms with Crippen molar-refractivity contribution in [1.82, 2.24) is 0 Å². The molecule has 0 saturated heterocycles. The van der Waals surface area contributed by atoms with Gasteiger partial charge in [0.2, 0.25) is 0 Å². The van der Waals surface area contributed by atoms with Crippen molar-refractivity contribution in [2.45, 2.75) is 37.7 Å². The van der Waals surface area contributed by atoms with Gasteiger partial charge in [-0.25, -0.2) is 0 Å². The maximum absolute atomic E-state index is 10.7. The van der Waals surface area contributed by atoms with Gasteiger partial charge in [0.05, 0.1) is 5.92 Å². The van der Waals surface area contributed by atoms with E-state index in [2.05, 4.69) is 5.16 Å². The molecule has 4 heteroatoms. The van der Waals surface area contributed by atoms with Crippen LogP contribution in [0.4, 0.5) is 0 Å². The Hall–Kier alpha value is -1.06. The van der Waals surface area contributed by atoms with Crippen LogP contribution in [0.3, 0.4) is 0 Å². The second-order valence-electron chi connectivity index (χ2n) is 3.88. The van der Waals surface area contributed by atoms with E-state index in [1.807, 2.05) is 0 Å². The number of rotatable bonds is 1. The lowest BCUT2D eigenvalue weighted by atomic mass is 9.77. The summed E-state index contributed by atoms with van der Waals surface area (Å²) in [7, 11) is 0. The largest absolute Gasteiger partial charge is 0.481 e. The average Bonchev–Trinajstić information content (AvgIpc) is 2.54. The van der Waals surface area contributed by atoms with Gasteiger partial charge in [-0.3, -0.25) is 4.79 Å². The van der Waals surface area contributed by atoms with Crippen LogP contribution in [-0.2, 0) is 9.63 Å². The van der Waals surface area contributed by atoms with E-state index in [4.69, 9.17) is 9.94 Å². The van der Waals surface area contributed by atoms with Crippen molar-refractivity contribution in [1.29, 1.82) is 0 Å². The number of oxime groups is 1. The predicted octanol–water partition coefficient (Wildman–Crippen LogP) is 1.41. The summed E-state index contributed by atoms with van der Waals surface area (Å²) in [6, 6.07) is 0. The SMILES string of the molecule is O=C(O)C1CCC2(CC=NO2)CC1. The maximum atomic E-state index is 10.7. The summed E-state index contributed by atoms with van der Waals surface area (Å²) >= 11 is 0. The van der Waals surface area contributed by atoms with Gasteiger partial charge in [-0.1, -0.05) is 5.16 Å². The molecule has 0 aromatic heterocycles. The number of carboxylic acid groups (broad SMARTS) is 1. The molecular weight excluding hydrogens is 170 g/mol. The van der Waals surface area contributed by atoms with Crippen molar-refractivity contribution in [2.75, 3.05) is 0 Å². The van der Waals surface area contributed by atoms with E-state index in [9.17, 15) is 4.79 Å². The molecule has 0 amide bonds. The summed E-state index contributed by atoms with van der Waals surface area (Å²) < 4.78 is 0. The minimum atomic E-state index is -0.672. The Balaban J connectivity index is 1.92. The van der Waals surface area contributed by atoms with E-state index >= 15 is 0 Å². The van der Waals surface area contributed by atoms with Gasteiger partial charge in [0.1, 0.15) is 5.60 Å². The number of hydrogen-bond donors (Lipinski definition) is 1. The van der Waals surface area contributed by atoms with Crippen LogP contribution < -0.4 is 0 Å². The summed E-state index contributed by atoms with van der Waals surface area (Å²) in [5, 5.41) is 12.6. The third kappa shape index (κ3) is 1.53. The number of aliphatic carboxylic acids is 1.